The van der Waals surface area contributed by atoms with E-state index in [0.717, 1.165) is 11.4 Å². The molecule has 0 aliphatic heterocycles. The molecule has 0 aliphatic rings. The van der Waals surface area contributed by atoms with Crippen molar-refractivity contribution in [3.05, 3.63) is 241 Å². The van der Waals surface area contributed by atoms with Crippen LogP contribution in [0.4, 0.5) is 0 Å². The molecule has 0 fully saturated rings. The lowest BCUT2D eigenvalue weighted by Crippen LogP contribution is -2.31. The van der Waals surface area contributed by atoms with Crippen LogP contribution in [0.3, 0.4) is 0 Å². The number of hydrogen-bond donors (Lipinski definition) is 0. The molecule has 0 N–H and O–H groups in total. The summed E-state index contributed by atoms with van der Waals surface area (Å²) in [5.74, 6) is 0. The van der Waals surface area contributed by atoms with Crippen molar-refractivity contribution in [1.82, 2.24) is 9.13 Å². The van der Waals surface area contributed by atoms with Crippen LogP contribution >= 0.6 is 11.3 Å². The SMILES string of the molecule is c1ccc(C(c2ccccc2)(c2ccccc2)c2ccc3c4cc(-n5c6ccccc6c6ccccc65)ccc4n(-c4ccc5sc6ccccc6c5c4)c3c2)cc1. The summed E-state index contributed by atoms with van der Waals surface area (Å²) in [7, 11) is 0. The first-order valence-corrected chi connectivity index (χ1v) is 20.7. The highest BCUT2D eigenvalue weighted by molar-refractivity contribution is 7.25. The second-order valence-corrected chi connectivity index (χ2v) is 16.3. The van der Waals surface area contributed by atoms with Gasteiger partial charge in [-0.2, -0.15) is 0 Å². The molecule has 9 aromatic carbocycles. The molecule has 0 radical (unpaired) electrons. The third-order valence-corrected chi connectivity index (χ3v) is 13.4. The van der Waals surface area contributed by atoms with Crippen molar-refractivity contribution in [2.45, 2.75) is 5.41 Å². The van der Waals surface area contributed by atoms with Crippen LogP contribution in [0.5, 0.6) is 0 Å². The molecule has 3 heterocycles. The van der Waals surface area contributed by atoms with Gasteiger partial charge in [0.05, 0.1) is 27.5 Å². The van der Waals surface area contributed by atoms with Gasteiger partial charge in [-0.25, -0.2) is 0 Å². The molecule has 12 rings (SSSR count). The molecule has 0 amide bonds. The molecule has 0 unspecified atom stereocenters. The molecule has 0 saturated heterocycles. The van der Waals surface area contributed by atoms with Crippen molar-refractivity contribution < 1.29 is 0 Å². The van der Waals surface area contributed by atoms with E-state index < -0.39 is 5.41 Å². The molecule has 3 aromatic heterocycles. The molecule has 2 nitrogen and oxygen atoms in total. The van der Waals surface area contributed by atoms with Gasteiger partial charge in [-0.3, -0.25) is 0 Å². The molecule has 0 aliphatic carbocycles. The van der Waals surface area contributed by atoms with E-state index in [2.05, 4.69) is 228 Å². The molecule has 0 atom stereocenters. The molecular weight excluding hydrogens is 721 g/mol. The summed E-state index contributed by atoms with van der Waals surface area (Å²) in [4.78, 5) is 0. The zero-order valence-corrected chi connectivity index (χ0v) is 32.4. The van der Waals surface area contributed by atoms with Crippen LogP contribution in [0.2, 0.25) is 0 Å². The van der Waals surface area contributed by atoms with Gasteiger partial charge in [0, 0.05) is 53.1 Å². The number of rotatable bonds is 6. The minimum Gasteiger partial charge on any atom is -0.309 e. The third-order valence-electron chi connectivity index (χ3n) is 12.3. The number of hydrogen-bond acceptors (Lipinski definition) is 1. The summed E-state index contributed by atoms with van der Waals surface area (Å²) in [6.07, 6.45) is 0. The van der Waals surface area contributed by atoms with E-state index in [9.17, 15) is 0 Å². The number of aromatic nitrogens is 2. The Balaban J connectivity index is 1.19. The van der Waals surface area contributed by atoms with Gasteiger partial charge in [0.25, 0.3) is 0 Å². The largest absolute Gasteiger partial charge is 0.309 e. The topological polar surface area (TPSA) is 9.86 Å². The average Bonchev–Trinajstić information content (AvgIpc) is 3.95. The first kappa shape index (κ1) is 33.0. The lowest BCUT2D eigenvalue weighted by molar-refractivity contribution is 0.746. The molecular formula is C55H36N2S. The van der Waals surface area contributed by atoms with E-state index >= 15 is 0 Å². The molecule has 0 spiro atoms. The highest BCUT2D eigenvalue weighted by Gasteiger charge is 2.38. The highest BCUT2D eigenvalue weighted by atomic mass is 32.1. The fourth-order valence-corrected chi connectivity index (χ4v) is 10.9. The summed E-state index contributed by atoms with van der Waals surface area (Å²) >= 11 is 1.86. The molecule has 0 bridgehead atoms. The number of fused-ring (bicyclic) bond motifs is 9. The lowest BCUT2D eigenvalue weighted by Gasteiger charge is -2.37. The summed E-state index contributed by atoms with van der Waals surface area (Å²) < 4.78 is 7.54. The van der Waals surface area contributed by atoms with Gasteiger partial charge in [-0.1, -0.05) is 158 Å². The van der Waals surface area contributed by atoms with Crippen LogP contribution < -0.4 is 0 Å². The van der Waals surface area contributed by atoms with E-state index in [1.54, 1.807) is 0 Å². The molecule has 3 heteroatoms. The first-order valence-electron chi connectivity index (χ1n) is 19.9. The van der Waals surface area contributed by atoms with Crippen LogP contribution in [-0.4, -0.2) is 9.13 Å². The van der Waals surface area contributed by atoms with Crippen molar-refractivity contribution >= 4 is 75.1 Å². The number of benzene rings is 9. The van der Waals surface area contributed by atoms with Crippen molar-refractivity contribution in [3.63, 3.8) is 0 Å². The quantitative estimate of drug-likeness (QED) is 0.150. The highest BCUT2D eigenvalue weighted by Crippen LogP contribution is 2.47. The van der Waals surface area contributed by atoms with Gasteiger partial charge in [-0.05, 0) is 82.9 Å². The van der Waals surface area contributed by atoms with Crippen LogP contribution in [0.1, 0.15) is 22.3 Å². The Morgan fingerprint density at radius 3 is 1.34 bits per heavy atom. The Kier molecular flexibility index (Phi) is 7.35. The maximum Gasteiger partial charge on any atom is 0.0702 e. The zero-order valence-electron chi connectivity index (χ0n) is 31.6. The standard InChI is InChI=1S/C55H36N2S/c1-4-16-37(17-5-1)55(38-18-6-2-7-19-38,39-20-8-3-9-21-39)40-28-31-45-47-35-41(56-49-25-13-10-22-43(49)44-23-11-14-26-50(44)56)29-32-51(47)57(52(45)34-40)42-30-33-54-48(36-42)46-24-12-15-27-53(46)58-54/h1-36H. The zero-order chi connectivity index (χ0) is 38.2. The van der Waals surface area contributed by atoms with Gasteiger partial charge >= 0.3 is 0 Å². The van der Waals surface area contributed by atoms with Crippen LogP contribution in [0.25, 0.3) is 75.2 Å². The van der Waals surface area contributed by atoms with Crippen LogP contribution in [0, 0.1) is 0 Å². The van der Waals surface area contributed by atoms with Crippen molar-refractivity contribution in [3.8, 4) is 11.4 Å². The van der Waals surface area contributed by atoms with Gasteiger partial charge in [0.1, 0.15) is 0 Å². The predicted molar refractivity (Wildman–Crippen MR) is 246 cm³/mol. The molecule has 0 saturated carbocycles. The second kappa shape index (κ2) is 12.9. The normalized spacial score (nSPS) is 12.1. The smallest absolute Gasteiger partial charge is 0.0702 e. The van der Waals surface area contributed by atoms with Crippen molar-refractivity contribution in [1.29, 1.82) is 0 Å². The van der Waals surface area contributed by atoms with Crippen molar-refractivity contribution in [2.75, 3.05) is 0 Å². The number of thiophene rings is 1. The summed E-state index contributed by atoms with van der Waals surface area (Å²) in [5.41, 5.74) is 11.4. The average molecular weight is 757 g/mol. The Hall–Kier alpha value is -7.20. The maximum absolute atomic E-state index is 2.50. The molecule has 272 valence electrons. The van der Waals surface area contributed by atoms with Gasteiger partial charge in [0.15, 0.2) is 0 Å². The molecule has 12 aromatic rings. The van der Waals surface area contributed by atoms with Crippen molar-refractivity contribution in [2.24, 2.45) is 0 Å². The van der Waals surface area contributed by atoms with Gasteiger partial charge < -0.3 is 9.13 Å². The van der Waals surface area contributed by atoms with E-state index in [1.807, 2.05) is 11.3 Å². The van der Waals surface area contributed by atoms with E-state index in [1.165, 1.54) is 86.0 Å². The first-order chi connectivity index (χ1) is 28.8. The van der Waals surface area contributed by atoms with Crippen LogP contribution in [0.15, 0.2) is 218 Å². The molecule has 58 heavy (non-hydrogen) atoms. The monoisotopic (exact) mass is 756 g/mol. The lowest BCUT2D eigenvalue weighted by atomic mass is 9.65. The van der Waals surface area contributed by atoms with E-state index in [-0.39, 0.29) is 0 Å². The van der Waals surface area contributed by atoms with E-state index in [4.69, 9.17) is 0 Å². The fraction of sp³-hybridized carbons (Fsp3) is 0.0182. The minimum absolute atomic E-state index is 0.569. The Morgan fingerprint density at radius 1 is 0.276 bits per heavy atom. The van der Waals surface area contributed by atoms with Gasteiger partial charge in [-0.15, -0.1) is 11.3 Å². The van der Waals surface area contributed by atoms with E-state index in [0.29, 0.717) is 0 Å². The Morgan fingerprint density at radius 2 is 0.724 bits per heavy atom. The third kappa shape index (κ3) is 4.78. The maximum atomic E-state index is 2.50. The number of nitrogens with zero attached hydrogens (tertiary/aromatic N) is 2. The summed E-state index contributed by atoms with van der Waals surface area (Å²) in [6.45, 7) is 0. The van der Waals surface area contributed by atoms with Crippen LogP contribution in [-0.2, 0) is 5.41 Å². The predicted octanol–water partition coefficient (Wildman–Crippen LogP) is 14.6. The number of para-hydroxylation sites is 2. The second-order valence-electron chi connectivity index (χ2n) is 15.3. The van der Waals surface area contributed by atoms with Gasteiger partial charge in [0.2, 0.25) is 0 Å². The fourth-order valence-electron chi connectivity index (χ4n) is 9.78. The Labute approximate surface area is 340 Å². The summed E-state index contributed by atoms with van der Waals surface area (Å²) in [5, 5.41) is 7.57. The summed E-state index contributed by atoms with van der Waals surface area (Å²) in [6, 6.07) is 80.7. The minimum atomic E-state index is -0.569. The Bertz CT molecular complexity index is 3350.